The molecule has 0 amide bonds. The third kappa shape index (κ3) is 4.55. The molecule has 0 saturated carbocycles. The highest BCUT2D eigenvalue weighted by molar-refractivity contribution is 6.21. The van der Waals surface area contributed by atoms with Crippen molar-refractivity contribution < 1.29 is 7.16 Å². The van der Waals surface area contributed by atoms with Crippen molar-refractivity contribution >= 4 is 54.3 Å². The Labute approximate surface area is 287 Å². The van der Waals surface area contributed by atoms with Gasteiger partial charge in [-0.1, -0.05) is 152 Å². The van der Waals surface area contributed by atoms with Gasteiger partial charge in [-0.25, -0.2) is 0 Å². The summed E-state index contributed by atoms with van der Waals surface area (Å²) in [6, 6.07) is 60.4. The first-order chi connectivity index (χ1) is 25.1. The van der Waals surface area contributed by atoms with Gasteiger partial charge >= 0.3 is 0 Å². The van der Waals surface area contributed by atoms with Crippen LogP contribution in [-0.4, -0.2) is 0 Å². The summed E-state index contributed by atoms with van der Waals surface area (Å²) in [6.07, 6.45) is 0. The maximum Gasteiger partial charge on any atom is 0.135 e. The molecule has 0 bridgehead atoms. The second-order valence-corrected chi connectivity index (χ2v) is 12.7. The average molecular weight is 625 g/mol. The van der Waals surface area contributed by atoms with E-state index >= 15 is 0 Å². The van der Waals surface area contributed by atoms with Crippen LogP contribution in [0.25, 0.3) is 98.8 Å². The summed E-state index contributed by atoms with van der Waals surface area (Å²) in [6.45, 7) is 0. The molecule has 0 unspecified atom stereocenters. The van der Waals surface area contributed by atoms with Crippen LogP contribution in [0.15, 0.2) is 186 Å². The molecule has 0 fully saturated rings. The molecule has 0 aliphatic heterocycles. The Kier molecular flexibility index (Phi) is 5.79. The van der Waals surface area contributed by atoms with Crippen LogP contribution in [0.5, 0.6) is 0 Å². The predicted octanol–water partition coefficient (Wildman–Crippen LogP) is 13.7. The second kappa shape index (κ2) is 11.1. The molecular formula is C48H30O. The van der Waals surface area contributed by atoms with Crippen LogP contribution in [0.1, 0.15) is 2.74 Å². The smallest absolute Gasteiger partial charge is 0.135 e. The number of hydrogen-bond acceptors (Lipinski definition) is 1. The second-order valence-electron chi connectivity index (χ2n) is 12.7. The number of para-hydroxylation sites is 1. The molecule has 1 nitrogen and oxygen atoms in total. The number of rotatable bonds is 4. The molecule has 0 atom stereocenters. The summed E-state index contributed by atoms with van der Waals surface area (Å²) < 4.78 is 22.8. The molecule has 9 aromatic carbocycles. The highest BCUT2D eigenvalue weighted by Gasteiger charge is 2.17. The topological polar surface area (TPSA) is 13.1 Å². The number of fused-ring (bicyclic) bond motifs is 6. The average Bonchev–Trinajstić information content (AvgIpc) is 3.56. The lowest BCUT2D eigenvalue weighted by Gasteiger charge is -2.18. The van der Waals surface area contributed by atoms with Crippen molar-refractivity contribution in [2.45, 2.75) is 0 Å². The summed E-state index contributed by atoms with van der Waals surface area (Å²) in [5.41, 5.74) is 10.6. The van der Waals surface area contributed by atoms with Gasteiger partial charge in [0.1, 0.15) is 11.2 Å². The molecule has 0 radical (unpaired) electrons. The predicted molar refractivity (Wildman–Crippen MR) is 208 cm³/mol. The van der Waals surface area contributed by atoms with Crippen LogP contribution in [0, 0.1) is 0 Å². The van der Waals surface area contributed by atoms with Gasteiger partial charge in [0.05, 0.1) is 2.74 Å². The highest BCUT2D eigenvalue weighted by atomic mass is 16.3. The Balaban J connectivity index is 1.11. The van der Waals surface area contributed by atoms with E-state index in [0.717, 1.165) is 54.9 Å². The van der Waals surface area contributed by atoms with E-state index in [9.17, 15) is 0 Å². The Morgan fingerprint density at radius 2 is 0.918 bits per heavy atom. The summed E-state index contributed by atoms with van der Waals surface area (Å²) in [5, 5.41) is 9.06. The van der Waals surface area contributed by atoms with Crippen molar-refractivity contribution in [1.29, 1.82) is 0 Å². The Hall–Kier alpha value is -6.44. The van der Waals surface area contributed by atoms with Gasteiger partial charge in [-0.05, 0) is 107 Å². The normalized spacial score (nSPS) is 12.2. The molecule has 10 aromatic rings. The van der Waals surface area contributed by atoms with Gasteiger partial charge < -0.3 is 4.42 Å². The molecule has 228 valence electrons. The van der Waals surface area contributed by atoms with Gasteiger partial charge in [0.2, 0.25) is 0 Å². The van der Waals surface area contributed by atoms with E-state index in [4.69, 9.17) is 7.16 Å². The first-order valence-electron chi connectivity index (χ1n) is 17.7. The quantitative estimate of drug-likeness (QED) is 0.178. The zero-order valence-electron chi connectivity index (χ0n) is 28.6. The van der Waals surface area contributed by atoms with E-state index < -0.39 is 0 Å². The van der Waals surface area contributed by atoms with Crippen molar-refractivity contribution in [3.05, 3.63) is 182 Å². The lowest BCUT2D eigenvalue weighted by molar-refractivity contribution is 0.669. The molecule has 1 heterocycles. The molecule has 0 aliphatic rings. The lowest BCUT2D eigenvalue weighted by atomic mass is 9.85. The SMILES string of the molecule is [2H]c1ccc2cc(-c3cccc(-c4c5ccccc5c(-c5ccc(-c6cc([2H])c7oc8ccccc8c7c6)cc5)c5ccccc45)c3)ccc2c1. The zero-order valence-corrected chi connectivity index (χ0v) is 26.6. The first kappa shape index (κ1) is 25.6. The van der Waals surface area contributed by atoms with Gasteiger partial charge in [0.25, 0.3) is 0 Å². The van der Waals surface area contributed by atoms with Crippen molar-refractivity contribution in [1.82, 2.24) is 0 Å². The zero-order chi connectivity index (χ0) is 34.1. The molecule has 0 aliphatic carbocycles. The maximum atomic E-state index is 8.74. The van der Waals surface area contributed by atoms with Gasteiger partial charge in [-0.3, -0.25) is 0 Å². The van der Waals surface area contributed by atoms with Gasteiger partial charge in [-0.2, -0.15) is 0 Å². The van der Waals surface area contributed by atoms with E-state index in [0.29, 0.717) is 17.7 Å². The fourth-order valence-electron chi connectivity index (χ4n) is 7.56. The maximum absolute atomic E-state index is 8.74. The third-order valence-corrected chi connectivity index (χ3v) is 9.90. The molecule has 0 spiro atoms. The van der Waals surface area contributed by atoms with Crippen molar-refractivity contribution in [2.75, 3.05) is 0 Å². The fraction of sp³-hybridized carbons (Fsp3) is 0. The highest BCUT2D eigenvalue weighted by Crippen LogP contribution is 2.44. The minimum absolute atomic E-state index is 0.391. The van der Waals surface area contributed by atoms with Crippen LogP contribution < -0.4 is 0 Å². The Morgan fingerprint density at radius 3 is 1.67 bits per heavy atom. The van der Waals surface area contributed by atoms with Crippen molar-refractivity contribution in [3.63, 3.8) is 0 Å². The standard InChI is InChI=1S/C48H30O/c1-2-11-34-28-36(25-22-31(34)10-1)35-12-9-13-38(29-35)48-42-17-5-3-15-40(42)47(41-16-4-6-18-43(41)48)33-23-20-32(21-24-33)37-26-27-46-44(30-37)39-14-7-8-19-45(39)49-46/h1-30H/i1D,27D. The molecule has 1 heteroatoms. The van der Waals surface area contributed by atoms with Crippen LogP contribution in [-0.2, 0) is 0 Å². The van der Waals surface area contributed by atoms with E-state index in [2.05, 4.69) is 127 Å². The summed E-state index contributed by atoms with van der Waals surface area (Å²) in [4.78, 5) is 0. The van der Waals surface area contributed by atoms with Gasteiger partial charge in [0, 0.05) is 10.8 Å². The Morgan fingerprint density at radius 1 is 0.327 bits per heavy atom. The fourth-order valence-corrected chi connectivity index (χ4v) is 7.56. The molecular weight excluding hydrogens is 593 g/mol. The van der Waals surface area contributed by atoms with Gasteiger partial charge in [-0.15, -0.1) is 0 Å². The molecule has 49 heavy (non-hydrogen) atoms. The summed E-state index contributed by atoms with van der Waals surface area (Å²) in [7, 11) is 0. The molecule has 1 aromatic heterocycles. The van der Waals surface area contributed by atoms with E-state index in [1.807, 2.05) is 42.5 Å². The van der Waals surface area contributed by atoms with Crippen LogP contribution >= 0.6 is 0 Å². The largest absolute Gasteiger partial charge is 0.456 e. The van der Waals surface area contributed by atoms with Crippen LogP contribution in [0.4, 0.5) is 0 Å². The van der Waals surface area contributed by atoms with Crippen LogP contribution in [0.3, 0.4) is 0 Å². The Bertz CT molecular complexity index is 2930. The minimum Gasteiger partial charge on any atom is -0.456 e. The summed E-state index contributed by atoms with van der Waals surface area (Å²) in [5.74, 6) is 0. The molecule has 0 N–H and O–H groups in total. The van der Waals surface area contributed by atoms with E-state index in [1.165, 1.54) is 38.2 Å². The van der Waals surface area contributed by atoms with E-state index in [-0.39, 0.29) is 0 Å². The molecule has 0 saturated heterocycles. The monoisotopic (exact) mass is 624 g/mol. The van der Waals surface area contributed by atoms with Crippen molar-refractivity contribution in [2.24, 2.45) is 0 Å². The minimum atomic E-state index is 0.391. The van der Waals surface area contributed by atoms with E-state index in [1.54, 1.807) is 0 Å². The van der Waals surface area contributed by atoms with Crippen molar-refractivity contribution in [3.8, 4) is 44.5 Å². The summed E-state index contributed by atoms with van der Waals surface area (Å²) >= 11 is 0. The number of benzene rings is 9. The third-order valence-electron chi connectivity index (χ3n) is 9.90. The number of furan rings is 1. The van der Waals surface area contributed by atoms with Crippen LogP contribution in [0.2, 0.25) is 0 Å². The molecule has 10 rings (SSSR count). The number of hydrogen-bond donors (Lipinski definition) is 0. The lowest BCUT2D eigenvalue weighted by Crippen LogP contribution is -1.91. The van der Waals surface area contributed by atoms with Gasteiger partial charge in [0.15, 0.2) is 0 Å². The first-order valence-corrected chi connectivity index (χ1v) is 16.7.